The second kappa shape index (κ2) is 11.5. The summed E-state index contributed by atoms with van der Waals surface area (Å²) in [5, 5.41) is 0. The van der Waals surface area contributed by atoms with Crippen molar-refractivity contribution in [3.05, 3.63) is 0 Å². The maximum Gasteiger partial charge on any atom is 0.500 e. The third kappa shape index (κ3) is 7.32. The molecule has 0 rings (SSSR count). The van der Waals surface area contributed by atoms with Crippen LogP contribution in [0.3, 0.4) is 0 Å². The zero-order valence-corrected chi connectivity index (χ0v) is 11.1. The lowest BCUT2D eigenvalue weighted by atomic mass is 10.5. The van der Waals surface area contributed by atoms with Gasteiger partial charge in [0.2, 0.25) is 0 Å². The summed E-state index contributed by atoms with van der Waals surface area (Å²) in [7, 11) is 4.11. The van der Waals surface area contributed by atoms with Crippen molar-refractivity contribution >= 4 is 8.80 Å². The highest BCUT2D eigenvalue weighted by atomic mass is 28.4. The fraction of sp³-hybridized carbons (Fsp3) is 1.00. The highest BCUT2D eigenvalue weighted by Crippen LogP contribution is 2.14. The largest absolute Gasteiger partial charge is 0.500 e. The van der Waals surface area contributed by atoms with E-state index >= 15 is 0 Å². The van der Waals surface area contributed by atoms with Crippen LogP contribution in [-0.4, -0.2) is 57.1 Å². The molecule has 0 atom stereocenters. The minimum atomic E-state index is -2.40. The predicted molar refractivity (Wildman–Crippen MR) is 65.6 cm³/mol. The smallest absolute Gasteiger partial charge is 0.382 e. The molecular weight excluding hydrogens is 228 g/mol. The molecular formula is C10H26O5Si. The Morgan fingerprint density at radius 2 is 1.38 bits per heavy atom. The summed E-state index contributed by atoms with van der Waals surface area (Å²) in [6, 6.07) is 0.767. The van der Waals surface area contributed by atoms with Crippen LogP contribution in [0.2, 0.25) is 6.04 Å². The fourth-order valence-corrected chi connectivity index (χ4v) is 2.88. The van der Waals surface area contributed by atoms with E-state index in [1.54, 1.807) is 28.4 Å². The monoisotopic (exact) mass is 254 g/mol. The van der Waals surface area contributed by atoms with Gasteiger partial charge in [-0.2, -0.15) is 0 Å². The van der Waals surface area contributed by atoms with Crippen LogP contribution >= 0.6 is 0 Å². The van der Waals surface area contributed by atoms with Crippen molar-refractivity contribution in [1.29, 1.82) is 0 Å². The SMILES string of the molecule is C.COCCOCCC[Si](OC)(OC)OC. The third-order valence-corrected chi connectivity index (χ3v) is 4.97. The maximum atomic E-state index is 5.33. The van der Waals surface area contributed by atoms with Gasteiger partial charge in [0.1, 0.15) is 0 Å². The summed E-state index contributed by atoms with van der Waals surface area (Å²) in [6.45, 7) is 1.92. The summed E-state index contributed by atoms with van der Waals surface area (Å²) in [4.78, 5) is 0. The molecule has 0 saturated carbocycles. The number of ether oxygens (including phenoxy) is 2. The number of hydrogen-bond donors (Lipinski definition) is 0. The molecule has 0 fully saturated rings. The maximum absolute atomic E-state index is 5.33. The molecule has 0 aromatic heterocycles. The van der Waals surface area contributed by atoms with Crippen LogP contribution in [-0.2, 0) is 22.8 Å². The van der Waals surface area contributed by atoms with Crippen molar-refractivity contribution in [2.45, 2.75) is 19.9 Å². The van der Waals surface area contributed by atoms with E-state index in [9.17, 15) is 0 Å². The molecule has 0 amide bonds. The van der Waals surface area contributed by atoms with E-state index in [-0.39, 0.29) is 7.43 Å². The van der Waals surface area contributed by atoms with Crippen LogP contribution in [0.15, 0.2) is 0 Å². The molecule has 0 aliphatic rings. The molecule has 16 heavy (non-hydrogen) atoms. The lowest BCUT2D eigenvalue weighted by Crippen LogP contribution is -2.42. The van der Waals surface area contributed by atoms with Crippen LogP contribution < -0.4 is 0 Å². The minimum absolute atomic E-state index is 0. The second-order valence-electron chi connectivity index (χ2n) is 3.00. The van der Waals surface area contributed by atoms with Gasteiger partial charge in [0.25, 0.3) is 0 Å². The van der Waals surface area contributed by atoms with E-state index in [0.29, 0.717) is 19.8 Å². The molecule has 0 aromatic carbocycles. The average molecular weight is 254 g/mol. The zero-order chi connectivity index (χ0) is 11.6. The fourth-order valence-electron chi connectivity index (χ4n) is 1.19. The van der Waals surface area contributed by atoms with E-state index in [4.69, 9.17) is 22.8 Å². The summed E-state index contributed by atoms with van der Waals surface area (Å²) in [6.07, 6.45) is 0.867. The molecule has 0 spiro atoms. The molecule has 6 heteroatoms. The van der Waals surface area contributed by atoms with E-state index in [2.05, 4.69) is 0 Å². The molecule has 0 unspecified atom stereocenters. The lowest BCUT2D eigenvalue weighted by molar-refractivity contribution is 0.0667. The van der Waals surface area contributed by atoms with Crippen LogP contribution in [0.4, 0.5) is 0 Å². The van der Waals surface area contributed by atoms with Gasteiger partial charge >= 0.3 is 8.80 Å². The summed E-state index contributed by atoms with van der Waals surface area (Å²) in [5.41, 5.74) is 0. The lowest BCUT2D eigenvalue weighted by Gasteiger charge is -2.24. The average Bonchev–Trinajstić information content (AvgIpc) is 2.29. The van der Waals surface area contributed by atoms with E-state index in [1.807, 2.05) is 0 Å². The van der Waals surface area contributed by atoms with Crippen molar-refractivity contribution < 1.29 is 22.8 Å². The summed E-state index contributed by atoms with van der Waals surface area (Å²) in [5.74, 6) is 0. The summed E-state index contributed by atoms with van der Waals surface area (Å²) >= 11 is 0. The standard InChI is InChI=1S/C9H22O5Si.CH4/c1-10-7-8-14-6-5-9-15(11-2,12-3)13-4;/h5-9H2,1-4H3;1H4. The van der Waals surface area contributed by atoms with Crippen molar-refractivity contribution in [3.63, 3.8) is 0 Å². The van der Waals surface area contributed by atoms with Crippen molar-refractivity contribution in [2.24, 2.45) is 0 Å². The molecule has 0 aromatic rings. The molecule has 0 radical (unpaired) electrons. The Labute approximate surface area is 100 Å². The van der Waals surface area contributed by atoms with Gasteiger partial charge in [-0.3, -0.25) is 0 Å². The topological polar surface area (TPSA) is 46.2 Å². The van der Waals surface area contributed by atoms with Gasteiger partial charge in [0.05, 0.1) is 13.2 Å². The third-order valence-electron chi connectivity index (χ3n) is 2.14. The van der Waals surface area contributed by atoms with Crippen LogP contribution in [0.5, 0.6) is 0 Å². The summed E-state index contributed by atoms with van der Waals surface area (Å²) < 4.78 is 26.0. The predicted octanol–water partition coefficient (Wildman–Crippen LogP) is 1.55. The quantitative estimate of drug-likeness (QED) is 0.437. The molecule has 5 nitrogen and oxygen atoms in total. The van der Waals surface area contributed by atoms with Crippen LogP contribution in [0, 0.1) is 0 Å². The first-order valence-electron chi connectivity index (χ1n) is 4.96. The molecule has 0 heterocycles. The van der Waals surface area contributed by atoms with Crippen molar-refractivity contribution in [3.8, 4) is 0 Å². The Bertz CT molecular complexity index is 133. The molecule has 100 valence electrons. The van der Waals surface area contributed by atoms with Gasteiger partial charge in [-0.15, -0.1) is 0 Å². The molecule has 0 aliphatic heterocycles. The number of methoxy groups -OCH3 is 1. The van der Waals surface area contributed by atoms with Gasteiger partial charge < -0.3 is 22.8 Å². The van der Waals surface area contributed by atoms with Crippen LogP contribution in [0.1, 0.15) is 13.8 Å². The van der Waals surface area contributed by atoms with Crippen LogP contribution in [0.25, 0.3) is 0 Å². The zero-order valence-electron chi connectivity index (χ0n) is 10.1. The van der Waals surface area contributed by atoms with Crippen molar-refractivity contribution in [2.75, 3.05) is 48.3 Å². The Hall–Kier alpha value is 0.0169. The van der Waals surface area contributed by atoms with Gasteiger partial charge in [-0.25, -0.2) is 0 Å². The Balaban J connectivity index is 0. The van der Waals surface area contributed by atoms with Gasteiger partial charge in [0, 0.05) is 41.1 Å². The highest BCUT2D eigenvalue weighted by Gasteiger charge is 2.36. The van der Waals surface area contributed by atoms with E-state index in [0.717, 1.165) is 12.5 Å². The first-order chi connectivity index (χ1) is 7.24. The Morgan fingerprint density at radius 1 is 0.812 bits per heavy atom. The Kier molecular flexibility index (Phi) is 13.2. The minimum Gasteiger partial charge on any atom is -0.382 e. The molecule has 0 bridgehead atoms. The normalized spacial score (nSPS) is 11.2. The first kappa shape index (κ1) is 18.4. The van der Waals surface area contributed by atoms with Gasteiger partial charge in [-0.05, 0) is 6.42 Å². The van der Waals surface area contributed by atoms with Gasteiger partial charge in [0.15, 0.2) is 0 Å². The molecule has 0 N–H and O–H groups in total. The Morgan fingerprint density at radius 3 is 1.81 bits per heavy atom. The van der Waals surface area contributed by atoms with Gasteiger partial charge in [-0.1, -0.05) is 7.43 Å². The number of rotatable bonds is 10. The molecule has 0 aliphatic carbocycles. The molecule has 0 saturated heterocycles. The van der Waals surface area contributed by atoms with E-state index < -0.39 is 8.80 Å². The highest BCUT2D eigenvalue weighted by molar-refractivity contribution is 6.60. The van der Waals surface area contributed by atoms with Crippen molar-refractivity contribution in [1.82, 2.24) is 0 Å². The number of hydrogen-bond acceptors (Lipinski definition) is 5. The first-order valence-corrected chi connectivity index (χ1v) is 6.90. The second-order valence-corrected chi connectivity index (χ2v) is 6.09. The van der Waals surface area contributed by atoms with E-state index in [1.165, 1.54) is 0 Å².